The van der Waals surface area contributed by atoms with E-state index < -0.39 is 18.3 Å². The van der Waals surface area contributed by atoms with Crippen molar-refractivity contribution < 1.29 is 32.2 Å². The first-order valence-electron chi connectivity index (χ1n) is 7.90. The van der Waals surface area contributed by atoms with Gasteiger partial charge in [-0.05, 0) is 36.4 Å². The van der Waals surface area contributed by atoms with Crippen LogP contribution in [0.5, 0.6) is 11.5 Å². The van der Waals surface area contributed by atoms with E-state index in [4.69, 9.17) is 4.74 Å². The van der Waals surface area contributed by atoms with Gasteiger partial charge in [-0.15, -0.1) is 13.2 Å². The monoisotopic (exact) mass is 380 g/mol. The Hall–Kier alpha value is -3.23. The minimum atomic E-state index is -4.78. The second kappa shape index (κ2) is 7.18. The number of anilines is 2. The van der Waals surface area contributed by atoms with Gasteiger partial charge in [0, 0.05) is 11.8 Å². The number of ether oxygens (including phenoxy) is 2. The minimum Gasteiger partial charge on any atom is -0.497 e. The molecule has 0 aromatic heterocycles. The van der Waals surface area contributed by atoms with Gasteiger partial charge in [0.1, 0.15) is 17.5 Å². The summed E-state index contributed by atoms with van der Waals surface area (Å²) in [6.07, 6.45) is -4.85. The summed E-state index contributed by atoms with van der Waals surface area (Å²) in [7, 11) is 1.48. The van der Waals surface area contributed by atoms with Gasteiger partial charge in [-0.25, -0.2) is 4.90 Å². The number of benzene rings is 2. The van der Waals surface area contributed by atoms with E-state index in [0.717, 1.165) is 17.0 Å². The topological polar surface area (TPSA) is 67.9 Å². The van der Waals surface area contributed by atoms with Crippen LogP contribution in [0, 0.1) is 0 Å². The van der Waals surface area contributed by atoms with Gasteiger partial charge in [0.15, 0.2) is 0 Å². The van der Waals surface area contributed by atoms with E-state index in [1.165, 1.54) is 19.2 Å². The Bertz CT molecular complexity index is 852. The number of nitrogens with zero attached hydrogens (tertiary/aromatic N) is 1. The summed E-state index contributed by atoms with van der Waals surface area (Å²) in [6, 6.07) is 10.6. The zero-order chi connectivity index (χ0) is 19.6. The number of alkyl halides is 3. The van der Waals surface area contributed by atoms with E-state index in [-0.39, 0.29) is 18.1 Å². The molecule has 0 bridgehead atoms. The lowest BCUT2D eigenvalue weighted by atomic mass is 10.2. The van der Waals surface area contributed by atoms with Crippen molar-refractivity contribution in [3.05, 3.63) is 48.5 Å². The van der Waals surface area contributed by atoms with Crippen molar-refractivity contribution in [3.8, 4) is 11.5 Å². The largest absolute Gasteiger partial charge is 0.573 e. The third kappa shape index (κ3) is 4.30. The van der Waals surface area contributed by atoms with E-state index in [2.05, 4.69) is 10.1 Å². The van der Waals surface area contributed by atoms with Crippen LogP contribution in [0.1, 0.15) is 6.42 Å². The molecule has 27 heavy (non-hydrogen) atoms. The molecule has 9 heteroatoms. The lowest BCUT2D eigenvalue weighted by molar-refractivity contribution is -0.274. The minimum absolute atomic E-state index is 0.0726. The molecule has 2 amide bonds. The Morgan fingerprint density at radius 3 is 2.41 bits per heavy atom. The Morgan fingerprint density at radius 1 is 1.07 bits per heavy atom. The fourth-order valence-electron chi connectivity index (χ4n) is 2.72. The number of nitrogens with one attached hydrogen (secondary N) is 1. The highest BCUT2D eigenvalue weighted by Crippen LogP contribution is 2.29. The van der Waals surface area contributed by atoms with Gasteiger partial charge in [0.2, 0.25) is 5.91 Å². The SMILES string of the molecule is COc1cccc(N2C(=O)CC(Nc3ccc(OC(F)(F)F)cc3)C2=O)c1. The summed E-state index contributed by atoms with van der Waals surface area (Å²) in [5.74, 6) is -0.712. The zero-order valence-corrected chi connectivity index (χ0v) is 14.1. The third-order valence-electron chi connectivity index (χ3n) is 3.89. The van der Waals surface area contributed by atoms with Crippen LogP contribution in [-0.4, -0.2) is 31.3 Å². The predicted octanol–water partition coefficient (Wildman–Crippen LogP) is 3.34. The van der Waals surface area contributed by atoms with Crippen molar-refractivity contribution in [2.75, 3.05) is 17.3 Å². The maximum atomic E-state index is 12.6. The Morgan fingerprint density at radius 2 is 1.78 bits per heavy atom. The van der Waals surface area contributed by atoms with E-state index in [1.807, 2.05) is 0 Å². The molecule has 2 aromatic carbocycles. The van der Waals surface area contributed by atoms with Crippen LogP contribution in [0.4, 0.5) is 24.5 Å². The normalized spacial score (nSPS) is 17.2. The van der Waals surface area contributed by atoms with Crippen LogP contribution in [0.15, 0.2) is 48.5 Å². The van der Waals surface area contributed by atoms with Gasteiger partial charge < -0.3 is 14.8 Å². The summed E-state index contributed by atoms with van der Waals surface area (Å²) < 4.78 is 45.5. The van der Waals surface area contributed by atoms with Gasteiger partial charge in [0.05, 0.1) is 19.2 Å². The lowest BCUT2D eigenvalue weighted by Gasteiger charge is -2.17. The molecular weight excluding hydrogens is 365 g/mol. The number of amides is 2. The maximum absolute atomic E-state index is 12.6. The number of methoxy groups -OCH3 is 1. The number of carbonyl (C=O) groups excluding carboxylic acids is 2. The number of rotatable bonds is 5. The average molecular weight is 380 g/mol. The summed E-state index contributed by atoms with van der Waals surface area (Å²) in [5, 5.41) is 2.86. The van der Waals surface area contributed by atoms with Crippen LogP contribution < -0.4 is 19.7 Å². The molecule has 0 saturated carbocycles. The first kappa shape index (κ1) is 18.6. The van der Waals surface area contributed by atoms with Crippen LogP contribution in [0.3, 0.4) is 0 Å². The molecule has 6 nitrogen and oxygen atoms in total. The highest BCUT2D eigenvalue weighted by molar-refractivity contribution is 6.23. The Balaban J connectivity index is 1.71. The summed E-state index contributed by atoms with van der Waals surface area (Å²) in [4.78, 5) is 25.9. The van der Waals surface area contributed by atoms with E-state index in [0.29, 0.717) is 17.1 Å². The second-order valence-electron chi connectivity index (χ2n) is 5.74. The average Bonchev–Trinajstić information content (AvgIpc) is 2.89. The number of imide groups is 1. The summed E-state index contributed by atoms with van der Waals surface area (Å²) in [6.45, 7) is 0. The third-order valence-corrected chi connectivity index (χ3v) is 3.89. The highest BCUT2D eigenvalue weighted by Gasteiger charge is 2.39. The molecule has 1 fully saturated rings. The second-order valence-corrected chi connectivity index (χ2v) is 5.74. The number of halogens is 3. The molecule has 1 aliphatic rings. The summed E-state index contributed by atoms with van der Waals surface area (Å²) in [5.41, 5.74) is 0.783. The smallest absolute Gasteiger partial charge is 0.497 e. The molecule has 1 heterocycles. The predicted molar refractivity (Wildman–Crippen MR) is 90.6 cm³/mol. The van der Waals surface area contributed by atoms with Crippen molar-refractivity contribution in [2.24, 2.45) is 0 Å². The number of hydrogen-bond acceptors (Lipinski definition) is 5. The van der Waals surface area contributed by atoms with Crippen molar-refractivity contribution in [3.63, 3.8) is 0 Å². The van der Waals surface area contributed by atoms with E-state index in [1.54, 1.807) is 24.3 Å². The van der Waals surface area contributed by atoms with E-state index >= 15 is 0 Å². The first-order valence-corrected chi connectivity index (χ1v) is 7.90. The maximum Gasteiger partial charge on any atom is 0.573 e. The Kier molecular flexibility index (Phi) is 4.93. The van der Waals surface area contributed by atoms with Crippen LogP contribution in [0.25, 0.3) is 0 Å². The molecule has 2 aromatic rings. The number of hydrogen-bond donors (Lipinski definition) is 1. The fourth-order valence-corrected chi connectivity index (χ4v) is 2.72. The molecule has 142 valence electrons. The van der Waals surface area contributed by atoms with Gasteiger partial charge in [-0.2, -0.15) is 0 Å². The molecule has 3 rings (SSSR count). The highest BCUT2D eigenvalue weighted by atomic mass is 19.4. The van der Waals surface area contributed by atoms with Crippen LogP contribution >= 0.6 is 0 Å². The molecule has 1 atom stereocenters. The van der Waals surface area contributed by atoms with Crippen LogP contribution in [-0.2, 0) is 9.59 Å². The standard InChI is InChI=1S/C18H15F3N2O4/c1-26-14-4-2-3-12(9-14)23-16(24)10-15(17(23)25)22-11-5-7-13(8-6-11)27-18(19,20)21/h2-9,15,22H,10H2,1H3. The molecule has 0 spiro atoms. The van der Waals surface area contributed by atoms with E-state index in [9.17, 15) is 22.8 Å². The number of carbonyl (C=O) groups is 2. The van der Waals surface area contributed by atoms with Gasteiger partial charge in [-0.1, -0.05) is 6.07 Å². The fraction of sp³-hybridized carbons (Fsp3) is 0.222. The Labute approximate surface area is 152 Å². The quantitative estimate of drug-likeness (QED) is 0.806. The van der Waals surface area contributed by atoms with Gasteiger partial charge in [0.25, 0.3) is 5.91 Å². The zero-order valence-electron chi connectivity index (χ0n) is 14.1. The van der Waals surface area contributed by atoms with Crippen molar-refractivity contribution in [2.45, 2.75) is 18.8 Å². The molecule has 1 saturated heterocycles. The molecule has 1 aliphatic heterocycles. The van der Waals surface area contributed by atoms with Crippen molar-refractivity contribution in [1.82, 2.24) is 0 Å². The summed E-state index contributed by atoms with van der Waals surface area (Å²) >= 11 is 0. The molecule has 1 N–H and O–H groups in total. The molecular formula is C18H15F3N2O4. The molecule has 0 radical (unpaired) electrons. The molecule has 1 unspecified atom stereocenters. The first-order chi connectivity index (χ1) is 12.8. The van der Waals surface area contributed by atoms with Crippen molar-refractivity contribution in [1.29, 1.82) is 0 Å². The van der Waals surface area contributed by atoms with Crippen molar-refractivity contribution >= 4 is 23.2 Å². The van der Waals surface area contributed by atoms with Gasteiger partial charge >= 0.3 is 6.36 Å². The lowest BCUT2D eigenvalue weighted by Crippen LogP contribution is -2.34. The van der Waals surface area contributed by atoms with Gasteiger partial charge in [-0.3, -0.25) is 9.59 Å². The molecule has 0 aliphatic carbocycles. The van der Waals surface area contributed by atoms with Crippen LogP contribution in [0.2, 0.25) is 0 Å².